The number of ketones is 1. The number of likely N-dealkylation sites (tertiary alicyclic amines) is 1. The zero-order valence-electron chi connectivity index (χ0n) is 19.4. The molecule has 0 unspecified atom stereocenters. The number of carbonyl (C=O) groups excluding carboxylic acids is 2. The molecule has 2 aromatic carbocycles. The maximum absolute atomic E-state index is 14.4. The summed E-state index contributed by atoms with van der Waals surface area (Å²) in [6.07, 6.45) is 4.09. The monoisotopic (exact) mass is 563 g/mol. The summed E-state index contributed by atoms with van der Waals surface area (Å²) in [5.74, 6) is -1.12. The van der Waals surface area contributed by atoms with Gasteiger partial charge in [0, 0.05) is 28.2 Å². The van der Waals surface area contributed by atoms with Crippen molar-refractivity contribution in [2.75, 3.05) is 24.9 Å². The highest BCUT2D eigenvalue weighted by Gasteiger charge is 2.51. The Bertz CT molecular complexity index is 1320. The molecule has 7 nitrogen and oxygen atoms in total. The van der Waals surface area contributed by atoms with Crippen LogP contribution in [0.1, 0.15) is 53.6 Å². The first kappa shape index (κ1) is 24.4. The van der Waals surface area contributed by atoms with Gasteiger partial charge in [0.05, 0.1) is 5.41 Å². The number of halogens is 2. The van der Waals surface area contributed by atoms with E-state index in [0.29, 0.717) is 28.4 Å². The molecular weight excluding hydrogens is 537 g/mol. The maximum atomic E-state index is 14.4. The van der Waals surface area contributed by atoms with Crippen LogP contribution in [-0.4, -0.2) is 51.2 Å². The first-order valence-corrected chi connectivity index (χ1v) is 14.0. The summed E-state index contributed by atoms with van der Waals surface area (Å²) < 4.78 is 43.4. The minimum absolute atomic E-state index is 0.0151. The van der Waals surface area contributed by atoms with Gasteiger partial charge in [0.2, 0.25) is 0 Å². The Kier molecular flexibility index (Phi) is 6.26. The lowest BCUT2D eigenvalue weighted by atomic mass is 9.64. The molecule has 2 fully saturated rings. The van der Waals surface area contributed by atoms with Gasteiger partial charge in [-0.15, -0.1) is 0 Å². The van der Waals surface area contributed by atoms with Gasteiger partial charge < -0.3 is 10.2 Å². The molecule has 0 radical (unpaired) electrons. The number of hydrogen-bond donors (Lipinski definition) is 2. The molecule has 3 aliphatic rings. The van der Waals surface area contributed by atoms with Crippen molar-refractivity contribution in [1.82, 2.24) is 10.2 Å². The lowest BCUT2D eigenvalue weighted by Crippen LogP contribution is -2.43. The number of nitrogens with zero attached hydrogens (tertiary/aromatic N) is 1. The predicted molar refractivity (Wildman–Crippen MR) is 134 cm³/mol. The van der Waals surface area contributed by atoms with Crippen LogP contribution in [0.5, 0.6) is 0 Å². The molecular formula is C25H27BrFN3O4S. The Morgan fingerprint density at radius 3 is 2.51 bits per heavy atom. The minimum atomic E-state index is -4.26. The maximum Gasteiger partial charge on any atom is 0.264 e. The Labute approximate surface area is 212 Å². The fourth-order valence-electron chi connectivity index (χ4n) is 5.43. The number of piperidine rings is 1. The van der Waals surface area contributed by atoms with Crippen molar-refractivity contribution in [2.24, 2.45) is 0 Å². The van der Waals surface area contributed by atoms with Crippen molar-refractivity contribution in [3.63, 3.8) is 0 Å². The summed E-state index contributed by atoms with van der Waals surface area (Å²) in [4.78, 5) is 28.1. The van der Waals surface area contributed by atoms with E-state index in [9.17, 15) is 22.4 Å². The number of anilines is 1. The lowest BCUT2D eigenvalue weighted by molar-refractivity contribution is -0.125. The van der Waals surface area contributed by atoms with Crippen molar-refractivity contribution < 1.29 is 22.4 Å². The van der Waals surface area contributed by atoms with Crippen molar-refractivity contribution in [3.8, 4) is 0 Å². The second-order valence-electron chi connectivity index (χ2n) is 9.82. The quantitative estimate of drug-likeness (QED) is 0.577. The average molecular weight is 564 g/mol. The Morgan fingerprint density at radius 1 is 1.17 bits per heavy atom. The number of benzene rings is 2. The van der Waals surface area contributed by atoms with Gasteiger partial charge in [-0.05, 0) is 87.3 Å². The molecule has 1 spiro atoms. The third-order valence-corrected chi connectivity index (χ3v) is 9.49. The second kappa shape index (κ2) is 8.97. The van der Waals surface area contributed by atoms with Crippen LogP contribution >= 0.6 is 15.9 Å². The van der Waals surface area contributed by atoms with E-state index in [-0.39, 0.29) is 29.8 Å². The van der Waals surface area contributed by atoms with Crippen molar-refractivity contribution >= 4 is 43.3 Å². The van der Waals surface area contributed by atoms with Crippen LogP contribution in [0.3, 0.4) is 0 Å². The molecule has 10 heteroatoms. The minimum Gasteiger partial charge on any atom is -0.349 e. The van der Waals surface area contributed by atoms with Gasteiger partial charge in [-0.1, -0.05) is 22.4 Å². The molecule has 1 saturated heterocycles. The van der Waals surface area contributed by atoms with Gasteiger partial charge in [0.1, 0.15) is 16.5 Å². The largest absolute Gasteiger partial charge is 0.349 e. The van der Waals surface area contributed by atoms with E-state index in [4.69, 9.17) is 0 Å². The second-order valence-corrected chi connectivity index (χ2v) is 12.4. The van der Waals surface area contributed by atoms with Crippen molar-refractivity contribution in [1.29, 1.82) is 0 Å². The number of nitrogens with one attached hydrogen (secondary N) is 2. The molecule has 0 bridgehead atoms. The molecule has 2 N–H and O–H groups in total. The number of sulfonamides is 1. The molecule has 2 aromatic rings. The smallest absolute Gasteiger partial charge is 0.264 e. The summed E-state index contributed by atoms with van der Waals surface area (Å²) in [5, 5.41) is 3.08. The standard InChI is InChI=1S/C25H27BrFN3O4S/c1-30-9-5-16(6-10-30)28-24(32)19-12-17(13-20-18(19)14-23(31)25(20)7-2-8-25)29-35(33,34)22-4-3-15(26)11-21(22)27/h3-4,11-13,16,29H,2,5-10,14H2,1H3,(H,28,32). The fourth-order valence-corrected chi connectivity index (χ4v) is 6.86. The van der Waals surface area contributed by atoms with E-state index in [1.165, 1.54) is 18.2 Å². The third-order valence-electron chi connectivity index (χ3n) is 7.58. The van der Waals surface area contributed by atoms with Crippen molar-refractivity contribution in [3.05, 3.63) is 57.3 Å². The molecule has 1 amide bonds. The number of carbonyl (C=O) groups is 2. The number of amides is 1. The van der Waals surface area contributed by atoms with Crippen LogP contribution < -0.4 is 10.0 Å². The summed E-state index contributed by atoms with van der Waals surface area (Å²) in [7, 11) is -2.22. The van der Waals surface area contributed by atoms with Crippen LogP contribution in [-0.2, 0) is 26.7 Å². The molecule has 1 saturated carbocycles. The van der Waals surface area contributed by atoms with E-state index in [1.54, 1.807) is 6.07 Å². The van der Waals surface area contributed by atoms with Crippen molar-refractivity contribution in [2.45, 2.75) is 54.9 Å². The fraction of sp³-hybridized carbons (Fsp3) is 0.440. The van der Waals surface area contributed by atoms with Gasteiger partial charge in [-0.25, -0.2) is 12.8 Å². The van der Waals surface area contributed by atoms with Crippen LogP contribution in [0, 0.1) is 5.82 Å². The molecule has 1 heterocycles. The van der Waals surface area contributed by atoms with Crippen LogP contribution in [0.4, 0.5) is 10.1 Å². The van der Waals surface area contributed by atoms with E-state index in [0.717, 1.165) is 44.0 Å². The van der Waals surface area contributed by atoms with Gasteiger partial charge in [0.25, 0.3) is 15.9 Å². The number of hydrogen-bond acceptors (Lipinski definition) is 5. The number of rotatable bonds is 5. The highest BCUT2D eigenvalue weighted by molar-refractivity contribution is 9.10. The topological polar surface area (TPSA) is 95.6 Å². The molecule has 186 valence electrons. The third kappa shape index (κ3) is 4.40. The summed E-state index contributed by atoms with van der Waals surface area (Å²) in [6, 6.07) is 6.85. The predicted octanol–water partition coefficient (Wildman–Crippen LogP) is 3.76. The number of Topliss-reactive ketones (excluding diaryl/α,β-unsaturated/α-hetero) is 1. The van der Waals surface area contributed by atoms with Crippen LogP contribution in [0.25, 0.3) is 0 Å². The van der Waals surface area contributed by atoms with Crippen LogP contribution in [0.15, 0.2) is 39.7 Å². The molecule has 2 aliphatic carbocycles. The summed E-state index contributed by atoms with van der Waals surface area (Å²) >= 11 is 3.13. The SMILES string of the molecule is CN1CCC(NC(=O)c2cc(NS(=O)(=O)c3ccc(Br)cc3F)cc3c2CC(=O)C32CCC2)CC1. The van der Waals surface area contributed by atoms with E-state index >= 15 is 0 Å². The Morgan fingerprint density at radius 2 is 1.89 bits per heavy atom. The van der Waals surface area contributed by atoms with Gasteiger partial charge in [-0.3, -0.25) is 14.3 Å². The highest BCUT2D eigenvalue weighted by atomic mass is 79.9. The zero-order valence-corrected chi connectivity index (χ0v) is 21.8. The molecule has 0 atom stereocenters. The van der Waals surface area contributed by atoms with Gasteiger partial charge >= 0.3 is 0 Å². The Hall–Kier alpha value is -2.30. The first-order chi connectivity index (χ1) is 16.6. The zero-order chi connectivity index (χ0) is 25.0. The lowest BCUT2D eigenvalue weighted by Gasteiger charge is -2.38. The summed E-state index contributed by atoms with van der Waals surface area (Å²) in [6.45, 7) is 1.76. The van der Waals surface area contributed by atoms with E-state index in [2.05, 4.69) is 30.9 Å². The first-order valence-electron chi connectivity index (χ1n) is 11.8. The molecule has 0 aromatic heterocycles. The van der Waals surface area contributed by atoms with Gasteiger partial charge in [-0.2, -0.15) is 0 Å². The normalized spacial score (nSPS) is 19.9. The number of fused-ring (bicyclic) bond motifs is 2. The highest BCUT2D eigenvalue weighted by Crippen LogP contribution is 2.52. The molecule has 5 rings (SSSR count). The average Bonchev–Trinajstić information content (AvgIpc) is 3.06. The summed E-state index contributed by atoms with van der Waals surface area (Å²) in [5.41, 5.74) is 1.21. The van der Waals surface area contributed by atoms with E-state index < -0.39 is 26.2 Å². The Balaban J connectivity index is 1.51. The molecule has 35 heavy (non-hydrogen) atoms. The van der Waals surface area contributed by atoms with Crippen LogP contribution in [0.2, 0.25) is 0 Å². The molecule has 1 aliphatic heterocycles. The van der Waals surface area contributed by atoms with Gasteiger partial charge in [0.15, 0.2) is 0 Å². The van der Waals surface area contributed by atoms with E-state index in [1.807, 2.05) is 7.05 Å².